The maximum atomic E-state index is 12.2. The number of aromatic nitrogens is 4. The summed E-state index contributed by atoms with van der Waals surface area (Å²) < 4.78 is 4.59. The van der Waals surface area contributed by atoms with Crippen LogP contribution in [0.3, 0.4) is 0 Å². The van der Waals surface area contributed by atoms with Crippen LogP contribution in [0.4, 0.5) is 0 Å². The Hall–Kier alpha value is -2.94. The van der Waals surface area contributed by atoms with Crippen molar-refractivity contribution in [2.75, 3.05) is 7.11 Å². The fourth-order valence-corrected chi connectivity index (χ4v) is 3.26. The maximum Gasteiger partial charge on any atom is 0.311 e. The molecular formula is C17H16N4O4S. The summed E-state index contributed by atoms with van der Waals surface area (Å²) in [5.41, 5.74) is 0.322. The largest absolute Gasteiger partial charge is 0.469 e. The number of nitrogens with zero attached hydrogens (tertiary/aromatic N) is 2. The van der Waals surface area contributed by atoms with Crippen LogP contribution in [0.25, 0.3) is 10.9 Å². The molecule has 2 heterocycles. The lowest BCUT2D eigenvalue weighted by molar-refractivity contribution is -0.139. The molecule has 0 bridgehead atoms. The maximum absolute atomic E-state index is 12.2. The normalized spacial score (nSPS) is 12.1. The number of ether oxygens (including phenoxy) is 1. The number of aromatic amines is 2. The minimum atomic E-state index is -0.479. The minimum Gasteiger partial charge on any atom is -0.469 e. The molecule has 26 heavy (non-hydrogen) atoms. The molecule has 0 aliphatic carbocycles. The van der Waals surface area contributed by atoms with E-state index in [1.165, 1.54) is 24.9 Å². The first-order valence-electron chi connectivity index (χ1n) is 7.79. The Morgan fingerprint density at radius 3 is 2.77 bits per heavy atom. The summed E-state index contributed by atoms with van der Waals surface area (Å²) in [6.45, 7) is 1.84. The van der Waals surface area contributed by atoms with Gasteiger partial charge in [-0.15, -0.1) is 0 Å². The van der Waals surface area contributed by atoms with Gasteiger partial charge in [0.15, 0.2) is 5.16 Å². The number of hydrogen-bond acceptors (Lipinski definition) is 7. The van der Waals surface area contributed by atoms with Gasteiger partial charge in [-0.2, -0.15) is 0 Å². The molecule has 0 amide bonds. The van der Waals surface area contributed by atoms with E-state index < -0.39 is 5.97 Å². The highest BCUT2D eigenvalue weighted by Crippen LogP contribution is 2.30. The average Bonchev–Trinajstić information content (AvgIpc) is 2.61. The van der Waals surface area contributed by atoms with Gasteiger partial charge < -0.3 is 14.7 Å². The molecule has 3 aromatic rings. The van der Waals surface area contributed by atoms with Crippen molar-refractivity contribution >= 4 is 28.6 Å². The molecule has 9 heteroatoms. The van der Waals surface area contributed by atoms with Gasteiger partial charge in [-0.25, -0.2) is 9.97 Å². The van der Waals surface area contributed by atoms with Crippen LogP contribution in [0, 0.1) is 0 Å². The molecule has 2 aromatic heterocycles. The third-order valence-corrected chi connectivity index (χ3v) is 4.62. The first-order valence-corrected chi connectivity index (χ1v) is 8.67. The van der Waals surface area contributed by atoms with E-state index in [0.29, 0.717) is 27.6 Å². The van der Waals surface area contributed by atoms with Crippen LogP contribution in [0.5, 0.6) is 0 Å². The van der Waals surface area contributed by atoms with E-state index >= 15 is 0 Å². The zero-order valence-corrected chi connectivity index (χ0v) is 14.9. The van der Waals surface area contributed by atoms with Crippen LogP contribution in [0.15, 0.2) is 45.1 Å². The quantitative estimate of drug-likeness (QED) is 0.396. The second kappa shape index (κ2) is 7.52. The molecule has 2 N–H and O–H groups in total. The fourth-order valence-electron chi connectivity index (χ4n) is 2.37. The van der Waals surface area contributed by atoms with Crippen LogP contribution in [0.1, 0.15) is 23.7 Å². The summed E-state index contributed by atoms with van der Waals surface area (Å²) in [5.74, 6) is -0.00709. The first-order chi connectivity index (χ1) is 12.5. The predicted octanol–water partition coefficient (Wildman–Crippen LogP) is 1.58. The predicted molar refractivity (Wildman–Crippen MR) is 97.2 cm³/mol. The van der Waals surface area contributed by atoms with E-state index in [1.54, 1.807) is 18.2 Å². The number of esters is 1. The summed E-state index contributed by atoms with van der Waals surface area (Å²) in [5, 5.41) is 0.573. The van der Waals surface area contributed by atoms with Gasteiger partial charge >= 0.3 is 5.97 Å². The van der Waals surface area contributed by atoms with Crippen molar-refractivity contribution in [2.24, 2.45) is 0 Å². The van der Waals surface area contributed by atoms with Gasteiger partial charge in [0.05, 0.1) is 35.4 Å². The van der Waals surface area contributed by atoms with E-state index in [9.17, 15) is 14.4 Å². The second-order valence-electron chi connectivity index (χ2n) is 5.52. The number of thioether (sulfide) groups is 1. The number of H-pyrrole nitrogens is 2. The Kier molecular flexibility index (Phi) is 5.17. The second-order valence-corrected chi connectivity index (χ2v) is 6.85. The monoisotopic (exact) mass is 372 g/mol. The Morgan fingerprint density at radius 2 is 2.00 bits per heavy atom. The van der Waals surface area contributed by atoms with Crippen LogP contribution in [0.2, 0.25) is 0 Å². The molecule has 0 aliphatic rings. The Morgan fingerprint density at radius 1 is 1.23 bits per heavy atom. The van der Waals surface area contributed by atoms with E-state index in [2.05, 4.69) is 24.7 Å². The summed E-state index contributed by atoms with van der Waals surface area (Å²) in [6.07, 6.45) is -0.0899. The van der Waals surface area contributed by atoms with E-state index in [-0.39, 0.29) is 22.8 Å². The lowest BCUT2D eigenvalue weighted by Gasteiger charge is -2.11. The molecule has 1 atom stereocenters. The van der Waals surface area contributed by atoms with Crippen molar-refractivity contribution < 1.29 is 9.53 Å². The number of carbonyl (C=O) groups is 1. The number of fused-ring (bicyclic) bond motifs is 1. The smallest absolute Gasteiger partial charge is 0.311 e. The number of benzene rings is 1. The SMILES string of the molecule is COC(=O)Cc1cc(=O)[nH]c(S[C@@H](C)c2nc3ccccc3c(=O)[nH]2)n1. The molecule has 0 radical (unpaired) electrons. The van der Waals surface area contributed by atoms with Crippen LogP contribution in [-0.2, 0) is 16.0 Å². The zero-order chi connectivity index (χ0) is 18.7. The molecule has 0 unspecified atom stereocenters. The lowest BCUT2D eigenvalue weighted by atomic mass is 10.2. The Labute approximate surface area is 152 Å². The van der Waals surface area contributed by atoms with E-state index in [4.69, 9.17) is 0 Å². The molecule has 134 valence electrons. The van der Waals surface area contributed by atoms with Crippen molar-refractivity contribution in [3.63, 3.8) is 0 Å². The van der Waals surface area contributed by atoms with Crippen LogP contribution >= 0.6 is 11.8 Å². The van der Waals surface area contributed by atoms with Crippen molar-refractivity contribution in [3.8, 4) is 0 Å². The minimum absolute atomic E-state index is 0.0899. The molecule has 0 spiro atoms. The van der Waals surface area contributed by atoms with Gasteiger partial charge in [0, 0.05) is 6.07 Å². The van der Waals surface area contributed by atoms with Gasteiger partial charge in [-0.05, 0) is 19.1 Å². The molecule has 3 rings (SSSR count). The third-order valence-electron chi connectivity index (χ3n) is 3.63. The number of methoxy groups -OCH3 is 1. The van der Waals surface area contributed by atoms with Crippen molar-refractivity contribution in [2.45, 2.75) is 23.8 Å². The summed E-state index contributed by atoms with van der Waals surface area (Å²) in [6, 6.07) is 8.31. The number of para-hydroxylation sites is 1. The Balaban J connectivity index is 1.88. The summed E-state index contributed by atoms with van der Waals surface area (Å²) in [7, 11) is 1.27. The highest BCUT2D eigenvalue weighted by molar-refractivity contribution is 7.99. The third kappa shape index (κ3) is 3.99. The average molecular weight is 372 g/mol. The molecule has 0 aliphatic heterocycles. The standard InChI is InChI=1S/C17H16N4O4S/c1-9(15-19-12-6-4-3-5-11(12)16(24)21-15)26-17-18-10(7-13(22)20-17)8-14(23)25-2/h3-7,9H,8H2,1-2H3,(H,18,20,22)(H,19,21,24)/t9-/m0/s1. The van der Waals surface area contributed by atoms with Crippen molar-refractivity contribution in [3.05, 3.63) is 62.6 Å². The van der Waals surface area contributed by atoms with Crippen molar-refractivity contribution in [1.82, 2.24) is 19.9 Å². The van der Waals surface area contributed by atoms with Crippen LogP contribution < -0.4 is 11.1 Å². The van der Waals surface area contributed by atoms with Gasteiger partial charge in [-0.3, -0.25) is 14.4 Å². The zero-order valence-electron chi connectivity index (χ0n) is 14.1. The molecule has 8 nitrogen and oxygen atoms in total. The first kappa shape index (κ1) is 17.9. The number of rotatable bonds is 5. The molecule has 1 aromatic carbocycles. The molecule has 0 saturated heterocycles. The van der Waals surface area contributed by atoms with Gasteiger partial charge in [0.2, 0.25) is 0 Å². The van der Waals surface area contributed by atoms with Gasteiger partial charge in [0.1, 0.15) is 5.82 Å². The lowest BCUT2D eigenvalue weighted by Crippen LogP contribution is -2.15. The number of nitrogens with one attached hydrogen (secondary N) is 2. The highest BCUT2D eigenvalue weighted by atomic mass is 32.2. The fraction of sp³-hybridized carbons (Fsp3) is 0.235. The summed E-state index contributed by atoms with van der Waals surface area (Å²) >= 11 is 1.23. The molecular weight excluding hydrogens is 356 g/mol. The number of carbonyl (C=O) groups excluding carboxylic acids is 1. The highest BCUT2D eigenvalue weighted by Gasteiger charge is 2.15. The van der Waals surface area contributed by atoms with Crippen molar-refractivity contribution in [1.29, 1.82) is 0 Å². The topological polar surface area (TPSA) is 118 Å². The van der Waals surface area contributed by atoms with Gasteiger partial charge in [-0.1, -0.05) is 23.9 Å². The number of hydrogen-bond donors (Lipinski definition) is 2. The van der Waals surface area contributed by atoms with Crippen LogP contribution in [-0.4, -0.2) is 33.0 Å². The van der Waals surface area contributed by atoms with E-state index in [1.807, 2.05) is 13.0 Å². The van der Waals surface area contributed by atoms with Gasteiger partial charge in [0.25, 0.3) is 11.1 Å². The Bertz CT molecular complexity index is 1080. The molecule has 0 saturated carbocycles. The molecule has 0 fully saturated rings. The van der Waals surface area contributed by atoms with E-state index in [0.717, 1.165) is 0 Å². The summed E-state index contributed by atoms with van der Waals surface area (Å²) in [4.78, 5) is 49.5.